The Morgan fingerprint density at radius 2 is 1.74 bits per heavy atom. The van der Waals surface area contributed by atoms with E-state index >= 15 is 0 Å². The number of urea groups is 1. The van der Waals surface area contributed by atoms with Gasteiger partial charge in [0.1, 0.15) is 0 Å². The van der Waals surface area contributed by atoms with Gasteiger partial charge in [-0.15, -0.1) is 0 Å². The molecule has 1 aromatic carbocycles. The van der Waals surface area contributed by atoms with E-state index in [4.69, 9.17) is 0 Å². The zero-order valence-electron chi connectivity index (χ0n) is 10.8. The zero-order valence-corrected chi connectivity index (χ0v) is 10.8. The summed E-state index contributed by atoms with van der Waals surface area (Å²) in [6, 6.07) is 13.3. The summed E-state index contributed by atoms with van der Waals surface area (Å²) in [6.45, 7) is 2.75. The van der Waals surface area contributed by atoms with Crippen molar-refractivity contribution in [3.05, 3.63) is 59.4 Å². The Balaban J connectivity index is 1.74. The maximum atomic E-state index is 11.6. The molecule has 0 bridgehead atoms. The van der Waals surface area contributed by atoms with E-state index in [9.17, 15) is 4.79 Å². The van der Waals surface area contributed by atoms with Crippen LogP contribution in [0.15, 0.2) is 42.5 Å². The predicted molar refractivity (Wildman–Crippen MR) is 72.3 cm³/mol. The molecular formula is C14H16N4O. The number of hydrogen-bond acceptors (Lipinski definition) is 3. The number of carbonyl (C=O) groups is 1. The maximum Gasteiger partial charge on any atom is 0.315 e. The first-order chi connectivity index (χ1) is 9.24. The molecule has 1 aromatic heterocycles. The fourth-order valence-corrected chi connectivity index (χ4v) is 1.53. The summed E-state index contributed by atoms with van der Waals surface area (Å²) in [5, 5.41) is 13.4. The molecule has 0 atom stereocenters. The van der Waals surface area contributed by atoms with Crippen LogP contribution in [0.5, 0.6) is 0 Å². The molecule has 2 N–H and O–H groups in total. The van der Waals surface area contributed by atoms with E-state index in [2.05, 4.69) is 20.8 Å². The fraction of sp³-hybridized carbons (Fsp3) is 0.214. The Labute approximate surface area is 112 Å². The van der Waals surface area contributed by atoms with E-state index in [1.807, 2.05) is 49.4 Å². The summed E-state index contributed by atoms with van der Waals surface area (Å²) >= 11 is 0. The second-order valence-corrected chi connectivity index (χ2v) is 4.19. The van der Waals surface area contributed by atoms with Gasteiger partial charge in [0.2, 0.25) is 0 Å². The van der Waals surface area contributed by atoms with E-state index in [1.54, 1.807) is 0 Å². The molecule has 0 saturated heterocycles. The van der Waals surface area contributed by atoms with Crippen LogP contribution in [0.1, 0.15) is 17.0 Å². The predicted octanol–water partition coefficient (Wildman–Crippen LogP) is 1.78. The standard InChI is InChI=1S/C14H16N4O/c1-11-7-8-13(18-17-11)10-16-14(19)15-9-12-5-3-2-4-6-12/h2-8H,9-10H2,1H3,(H2,15,16,19). The van der Waals surface area contributed by atoms with Gasteiger partial charge in [0.25, 0.3) is 0 Å². The summed E-state index contributed by atoms with van der Waals surface area (Å²) in [4.78, 5) is 11.6. The molecule has 2 rings (SSSR count). The van der Waals surface area contributed by atoms with Gasteiger partial charge in [-0.1, -0.05) is 30.3 Å². The van der Waals surface area contributed by atoms with Gasteiger partial charge in [0.05, 0.1) is 17.9 Å². The summed E-state index contributed by atoms with van der Waals surface area (Å²) in [7, 11) is 0. The van der Waals surface area contributed by atoms with E-state index in [0.29, 0.717) is 13.1 Å². The van der Waals surface area contributed by atoms with Crippen molar-refractivity contribution in [3.8, 4) is 0 Å². The quantitative estimate of drug-likeness (QED) is 0.876. The Hall–Kier alpha value is -2.43. The Bertz CT molecular complexity index is 525. The molecule has 5 heteroatoms. The topological polar surface area (TPSA) is 66.9 Å². The van der Waals surface area contributed by atoms with E-state index in [-0.39, 0.29) is 6.03 Å². The number of rotatable bonds is 4. The van der Waals surface area contributed by atoms with Crippen molar-refractivity contribution in [3.63, 3.8) is 0 Å². The molecule has 2 aromatic rings. The molecular weight excluding hydrogens is 240 g/mol. The first kappa shape index (κ1) is 13.0. The summed E-state index contributed by atoms with van der Waals surface area (Å²) in [5.41, 5.74) is 2.66. The number of hydrogen-bond donors (Lipinski definition) is 2. The largest absolute Gasteiger partial charge is 0.334 e. The molecule has 0 saturated carbocycles. The first-order valence-electron chi connectivity index (χ1n) is 6.09. The molecule has 98 valence electrons. The monoisotopic (exact) mass is 256 g/mol. The third-order valence-electron chi connectivity index (χ3n) is 2.58. The second-order valence-electron chi connectivity index (χ2n) is 4.19. The molecule has 0 fully saturated rings. The first-order valence-corrected chi connectivity index (χ1v) is 6.09. The summed E-state index contributed by atoms with van der Waals surface area (Å²) < 4.78 is 0. The Morgan fingerprint density at radius 3 is 2.42 bits per heavy atom. The third-order valence-corrected chi connectivity index (χ3v) is 2.58. The molecule has 0 unspecified atom stereocenters. The van der Waals surface area contributed by atoms with E-state index < -0.39 is 0 Å². The van der Waals surface area contributed by atoms with Crippen LogP contribution >= 0.6 is 0 Å². The molecule has 0 radical (unpaired) electrons. The van der Waals surface area contributed by atoms with Gasteiger partial charge in [0.15, 0.2) is 0 Å². The summed E-state index contributed by atoms with van der Waals surface area (Å²) in [5.74, 6) is 0. The lowest BCUT2D eigenvalue weighted by Crippen LogP contribution is -2.34. The second kappa shape index (κ2) is 6.49. The minimum atomic E-state index is -0.216. The van der Waals surface area contributed by atoms with Crippen LogP contribution in [-0.2, 0) is 13.1 Å². The highest BCUT2D eigenvalue weighted by Crippen LogP contribution is 1.97. The lowest BCUT2D eigenvalue weighted by atomic mass is 10.2. The molecule has 5 nitrogen and oxygen atoms in total. The molecule has 0 aliphatic carbocycles. The Kier molecular flexibility index (Phi) is 4.44. The van der Waals surface area contributed by atoms with Crippen LogP contribution in [0.25, 0.3) is 0 Å². The fourth-order valence-electron chi connectivity index (χ4n) is 1.53. The number of carbonyl (C=O) groups excluding carboxylic acids is 1. The minimum Gasteiger partial charge on any atom is -0.334 e. The normalized spacial score (nSPS) is 9.95. The Morgan fingerprint density at radius 1 is 1.00 bits per heavy atom. The minimum absolute atomic E-state index is 0.216. The van der Waals surface area contributed by atoms with Gasteiger partial charge in [-0.25, -0.2) is 4.79 Å². The van der Waals surface area contributed by atoms with E-state index in [0.717, 1.165) is 17.0 Å². The SMILES string of the molecule is Cc1ccc(CNC(=O)NCc2ccccc2)nn1. The van der Waals surface area contributed by atoms with Crippen molar-refractivity contribution in [1.82, 2.24) is 20.8 Å². The molecule has 0 aliphatic heterocycles. The van der Waals surface area contributed by atoms with Gasteiger partial charge in [-0.3, -0.25) is 0 Å². The van der Waals surface area contributed by atoms with Crippen molar-refractivity contribution in [2.75, 3.05) is 0 Å². The van der Waals surface area contributed by atoms with Crippen LogP contribution < -0.4 is 10.6 Å². The number of aryl methyl sites for hydroxylation is 1. The van der Waals surface area contributed by atoms with Crippen LogP contribution in [0.2, 0.25) is 0 Å². The number of aromatic nitrogens is 2. The average Bonchev–Trinajstić information content (AvgIpc) is 2.45. The maximum absolute atomic E-state index is 11.6. The smallest absolute Gasteiger partial charge is 0.315 e. The van der Waals surface area contributed by atoms with Crippen LogP contribution in [-0.4, -0.2) is 16.2 Å². The highest BCUT2D eigenvalue weighted by atomic mass is 16.2. The van der Waals surface area contributed by atoms with Gasteiger partial charge in [-0.05, 0) is 24.6 Å². The van der Waals surface area contributed by atoms with Gasteiger partial charge in [0, 0.05) is 6.54 Å². The highest BCUT2D eigenvalue weighted by molar-refractivity contribution is 5.73. The lowest BCUT2D eigenvalue weighted by Gasteiger charge is -2.07. The lowest BCUT2D eigenvalue weighted by molar-refractivity contribution is 0.240. The average molecular weight is 256 g/mol. The van der Waals surface area contributed by atoms with Crippen molar-refractivity contribution >= 4 is 6.03 Å². The van der Waals surface area contributed by atoms with Crippen LogP contribution in [0.3, 0.4) is 0 Å². The van der Waals surface area contributed by atoms with Crippen molar-refractivity contribution in [2.45, 2.75) is 20.0 Å². The van der Waals surface area contributed by atoms with Gasteiger partial charge < -0.3 is 10.6 Å². The van der Waals surface area contributed by atoms with Crippen molar-refractivity contribution in [2.24, 2.45) is 0 Å². The molecule has 0 spiro atoms. The molecule has 2 amide bonds. The third kappa shape index (κ3) is 4.39. The van der Waals surface area contributed by atoms with Gasteiger partial charge in [-0.2, -0.15) is 10.2 Å². The number of nitrogens with one attached hydrogen (secondary N) is 2. The van der Waals surface area contributed by atoms with Crippen molar-refractivity contribution < 1.29 is 4.79 Å². The van der Waals surface area contributed by atoms with Crippen molar-refractivity contribution in [1.29, 1.82) is 0 Å². The molecule has 19 heavy (non-hydrogen) atoms. The number of benzene rings is 1. The van der Waals surface area contributed by atoms with Crippen LogP contribution in [0, 0.1) is 6.92 Å². The molecule has 1 heterocycles. The van der Waals surface area contributed by atoms with E-state index in [1.165, 1.54) is 0 Å². The van der Waals surface area contributed by atoms with Gasteiger partial charge >= 0.3 is 6.03 Å². The summed E-state index contributed by atoms with van der Waals surface area (Å²) in [6.07, 6.45) is 0. The number of amides is 2. The zero-order chi connectivity index (χ0) is 13.5. The molecule has 0 aliphatic rings. The highest BCUT2D eigenvalue weighted by Gasteiger charge is 2.01. The van der Waals surface area contributed by atoms with Crippen LogP contribution in [0.4, 0.5) is 4.79 Å². The number of nitrogens with zero attached hydrogens (tertiary/aromatic N) is 2.